The van der Waals surface area contributed by atoms with Crippen LogP contribution in [-0.4, -0.2) is 35.2 Å². The normalized spacial score (nSPS) is 16.1. The summed E-state index contributed by atoms with van der Waals surface area (Å²) in [5.74, 6) is 0.692. The first-order chi connectivity index (χ1) is 17.1. The quantitative estimate of drug-likeness (QED) is 0.296. The molecule has 0 unspecified atom stereocenters. The topological polar surface area (TPSA) is 45.1 Å². The zero-order chi connectivity index (χ0) is 24.2. The van der Waals surface area contributed by atoms with Crippen molar-refractivity contribution < 1.29 is 9.53 Å². The Bertz CT molecular complexity index is 1410. The van der Waals surface area contributed by atoms with Gasteiger partial charge in [0.1, 0.15) is 12.4 Å². The number of amides is 1. The van der Waals surface area contributed by atoms with E-state index < -0.39 is 0 Å². The molecule has 4 aromatic carbocycles. The Morgan fingerprint density at radius 3 is 2.37 bits per heavy atom. The summed E-state index contributed by atoms with van der Waals surface area (Å²) in [5.41, 5.74) is 2.89. The molecule has 1 fully saturated rings. The monoisotopic (exact) mass is 479 g/mol. The first kappa shape index (κ1) is 22.9. The summed E-state index contributed by atoms with van der Waals surface area (Å²) in [5, 5.41) is 6.38. The Morgan fingerprint density at radius 1 is 0.886 bits per heavy atom. The minimum atomic E-state index is -0.0917. The van der Waals surface area contributed by atoms with Crippen molar-refractivity contribution in [3.63, 3.8) is 0 Å². The highest BCUT2D eigenvalue weighted by Crippen LogP contribution is 2.34. The summed E-state index contributed by atoms with van der Waals surface area (Å²) in [4.78, 5) is 18.4. The molecule has 0 aliphatic carbocycles. The van der Waals surface area contributed by atoms with Gasteiger partial charge in [-0.2, -0.15) is 0 Å². The lowest BCUT2D eigenvalue weighted by Crippen LogP contribution is -2.40. The molecule has 4 aromatic rings. The number of hydrogen-bond donors (Lipinski definition) is 0. The summed E-state index contributed by atoms with van der Waals surface area (Å²) >= 11 is 1.37. The van der Waals surface area contributed by atoms with E-state index >= 15 is 0 Å². The van der Waals surface area contributed by atoms with Crippen LogP contribution in [0.5, 0.6) is 5.75 Å². The number of carbonyl (C=O) groups excluding carboxylic acids is 1. The van der Waals surface area contributed by atoms with E-state index in [-0.39, 0.29) is 5.91 Å². The van der Waals surface area contributed by atoms with Crippen molar-refractivity contribution in [1.29, 1.82) is 0 Å². The molecular weight excluding hydrogens is 454 g/mol. The van der Waals surface area contributed by atoms with E-state index in [1.807, 2.05) is 86.9 Å². The van der Waals surface area contributed by atoms with E-state index in [1.54, 1.807) is 10.0 Å². The number of ether oxygens (including phenoxy) is 1. The van der Waals surface area contributed by atoms with Gasteiger partial charge in [-0.05, 0) is 64.0 Å². The second kappa shape index (κ2) is 10.2. The third kappa shape index (κ3) is 5.14. The van der Waals surface area contributed by atoms with Crippen LogP contribution >= 0.6 is 11.8 Å². The van der Waals surface area contributed by atoms with Crippen molar-refractivity contribution >= 4 is 45.4 Å². The van der Waals surface area contributed by atoms with Crippen molar-refractivity contribution in [1.82, 2.24) is 10.0 Å². The van der Waals surface area contributed by atoms with E-state index in [9.17, 15) is 4.79 Å². The zero-order valence-electron chi connectivity index (χ0n) is 19.6. The Balaban J connectivity index is 1.31. The van der Waals surface area contributed by atoms with Gasteiger partial charge in [-0.15, -0.1) is 0 Å². The van der Waals surface area contributed by atoms with Gasteiger partial charge in [0.05, 0.1) is 10.6 Å². The van der Waals surface area contributed by atoms with Gasteiger partial charge in [0.15, 0.2) is 5.17 Å². The molecule has 0 aromatic heterocycles. The van der Waals surface area contributed by atoms with Gasteiger partial charge < -0.3 is 4.74 Å². The SMILES string of the molecule is CN(C)N1C(=O)C(=Cc2ccc(OCc3cccc4ccccc34)cc2)SC1=Nc1ccccc1. The summed E-state index contributed by atoms with van der Waals surface area (Å²) in [7, 11) is 3.67. The highest BCUT2D eigenvalue weighted by molar-refractivity contribution is 8.18. The molecule has 174 valence electrons. The molecule has 1 aliphatic heterocycles. The van der Waals surface area contributed by atoms with Crippen LogP contribution in [0.25, 0.3) is 16.8 Å². The van der Waals surface area contributed by atoms with Crippen LogP contribution in [0, 0.1) is 0 Å². The van der Waals surface area contributed by atoms with E-state index in [4.69, 9.17) is 4.74 Å². The smallest absolute Gasteiger partial charge is 0.281 e. The highest BCUT2D eigenvalue weighted by atomic mass is 32.2. The number of nitrogens with zero attached hydrogens (tertiary/aromatic N) is 3. The van der Waals surface area contributed by atoms with Gasteiger partial charge in [0.25, 0.3) is 5.91 Å². The lowest BCUT2D eigenvalue weighted by molar-refractivity contribution is -0.130. The first-order valence-electron chi connectivity index (χ1n) is 11.3. The van der Waals surface area contributed by atoms with Gasteiger partial charge in [0.2, 0.25) is 0 Å². The second-order valence-corrected chi connectivity index (χ2v) is 9.31. The molecule has 0 N–H and O–H groups in total. The minimum absolute atomic E-state index is 0.0917. The van der Waals surface area contributed by atoms with Crippen LogP contribution in [0.15, 0.2) is 107 Å². The van der Waals surface area contributed by atoms with Crippen molar-refractivity contribution in [2.45, 2.75) is 6.61 Å². The molecule has 0 radical (unpaired) electrons. The van der Waals surface area contributed by atoms with Crippen molar-refractivity contribution in [3.05, 3.63) is 113 Å². The van der Waals surface area contributed by atoms with Crippen LogP contribution < -0.4 is 4.74 Å². The van der Waals surface area contributed by atoms with Crippen molar-refractivity contribution in [2.75, 3.05) is 14.1 Å². The maximum atomic E-state index is 13.1. The number of aliphatic imine (C=N–C) groups is 1. The number of benzene rings is 4. The predicted octanol–water partition coefficient (Wildman–Crippen LogP) is 6.50. The third-order valence-corrected chi connectivity index (χ3v) is 6.58. The van der Waals surface area contributed by atoms with E-state index in [2.05, 4.69) is 35.3 Å². The van der Waals surface area contributed by atoms with Crippen LogP contribution in [0.4, 0.5) is 5.69 Å². The van der Waals surface area contributed by atoms with Crippen LogP contribution in [0.2, 0.25) is 0 Å². The molecule has 1 aliphatic rings. The maximum Gasteiger partial charge on any atom is 0.281 e. The number of hydrogen-bond acceptors (Lipinski definition) is 5. The average molecular weight is 480 g/mol. The summed E-state index contributed by atoms with van der Waals surface area (Å²) in [6.07, 6.45) is 1.89. The Hall–Kier alpha value is -3.87. The molecule has 1 heterocycles. The van der Waals surface area contributed by atoms with E-state index in [1.165, 1.54) is 22.5 Å². The van der Waals surface area contributed by atoms with Crippen LogP contribution in [0.1, 0.15) is 11.1 Å². The van der Waals surface area contributed by atoms with E-state index in [0.717, 1.165) is 22.6 Å². The molecule has 0 bridgehead atoms. The first-order valence-corrected chi connectivity index (χ1v) is 12.1. The largest absolute Gasteiger partial charge is 0.489 e. The summed E-state index contributed by atoms with van der Waals surface area (Å²) in [6, 6.07) is 32.0. The van der Waals surface area contributed by atoms with Crippen LogP contribution in [0.3, 0.4) is 0 Å². The number of carbonyl (C=O) groups is 1. The molecule has 5 nitrogen and oxygen atoms in total. The lowest BCUT2D eigenvalue weighted by Gasteiger charge is -2.22. The molecule has 1 amide bonds. The summed E-state index contributed by atoms with van der Waals surface area (Å²) in [6.45, 7) is 0.493. The number of amidine groups is 1. The molecular formula is C29H25N3O2S. The molecule has 6 heteroatoms. The average Bonchev–Trinajstić information content (AvgIpc) is 3.18. The fraction of sp³-hybridized carbons (Fsp3) is 0.103. The Labute approximate surface area is 209 Å². The number of hydrazine groups is 1. The van der Waals surface area contributed by atoms with Gasteiger partial charge >= 0.3 is 0 Å². The number of thioether (sulfide) groups is 1. The fourth-order valence-electron chi connectivity index (χ4n) is 3.89. The van der Waals surface area contributed by atoms with E-state index in [0.29, 0.717) is 16.7 Å². The molecule has 35 heavy (non-hydrogen) atoms. The minimum Gasteiger partial charge on any atom is -0.489 e. The van der Waals surface area contributed by atoms with Gasteiger partial charge in [-0.25, -0.2) is 15.0 Å². The molecule has 0 spiro atoms. The van der Waals surface area contributed by atoms with Gasteiger partial charge in [-0.3, -0.25) is 4.79 Å². The Morgan fingerprint density at radius 2 is 1.60 bits per heavy atom. The van der Waals surface area contributed by atoms with Gasteiger partial charge in [-0.1, -0.05) is 72.8 Å². The summed E-state index contributed by atoms with van der Waals surface area (Å²) < 4.78 is 6.05. The van der Waals surface area contributed by atoms with Crippen LogP contribution in [-0.2, 0) is 11.4 Å². The second-order valence-electron chi connectivity index (χ2n) is 8.30. The standard InChI is InChI=1S/C29H25N3O2S/c1-31(2)32-28(33)27(35-29(32)30-24-12-4-3-5-13-24)19-21-15-17-25(18-16-21)34-20-23-11-8-10-22-9-6-7-14-26(22)23/h3-19H,20H2,1-2H3. The zero-order valence-corrected chi connectivity index (χ0v) is 20.4. The number of rotatable bonds is 6. The fourth-order valence-corrected chi connectivity index (χ4v) is 4.94. The lowest BCUT2D eigenvalue weighted by atomic mass is 10.1. The van der Waals surface area contributed by atoms with Gasteiger partial charge in [0, 0.05) is 14.1 Å². The number of fused-ring (bicyclic) bond motifs is 1. The maximum absolute atomic E-state index is 13.1. The molecule has 1 saturated heterocycles. The number of para-hydroxylation sites is 1. The molecule has 0 saturated carbocycles. The molecule has 5 rings (SSSR count). The van der Waals surface area contributed by atoms with Crippen molar-refractivity contribution in [3.8, 4) is 5.75 Å². The third-order valence-electron chi connectivity index (χ3n) is 5.62. The van der Waals surface area contributed by atoms with Crippen molar-refractivity contribution in [2.24, 2.45) is 4.99 Å². The highest BCUT2D eigenvalue weighted by Gasteiger charge is 2.35. The Kier molecular flexibility index (Phi) is 6.66. The predicted molar refractivity (Wildman–Crippen MR) is 144 cm³/mol. The molecule has 0 atom stereocenters.